The molecular weight excluding hydrogens is 290 g/mol. The fourth-order valence-corrected chi connectivity index (χ4v) is 2.01. The Hall–Kier alpha value is -1.59. The topological polar surface area (TPSA) is 60.2 Å². The molecule has 1 aromatic carbocycles. The van der Waals surface area contributed by atoms with Crippen LogP contribution in [0.5, 0.6) is 5.75 Å². The molecule has 0 fully saturated rings. The Morgan fingerprint density at radius 1 is 1.29 bits per heavy atom. The zero-order valence-electron chi connectivity index (χ0n) is 12.5. The average molecular weight is 310 g/mol. The van der Waals surface area contributed by atoms with Crippen molar-refractivity contribution >= 4 is 11.6 Å². The van der Waals surface area contributed by atoms with Crippen LogP contribution in [0.15, 0.2) is 28.7 Å². The monoisotopic (exact) mass is 309 g/mol. The standard InChI is InChI=1S/C15H20ClN3O2/c1-4-8-17-10(2)14-18-19-15(21-14)11(3)20-13-7-5-6-12(16)9-13/h5-7,9-11,17H,4,8H2,1-3H3. The van der Waals surface area contributed by atoms with Crippen LogP contribution in [0.25, 0.3) is 0 Å². The number of benzene rings is 1. The first-order valence-electron chi connectivity index (χ1n) is 7.09. The Kier molecular flexibility index (Phi) is 5.59. The fourth-order valence-electron chi connectivity index (χ4n) is 1.83. The predicted molar refractivity (Wildman–Crippen MR) is 81.5 cm³/mol. The van der Waals surface area contributed by atoms with Crippen molar-refractivity contribution in [1.82, 2.24) is 15.5 Å². The van der Waals surface area contributed by atoms with Crippen LogP contribution in [-0.4, -0.2) is 16.7 Å². The molecule has 5 nitrogen and oxygen atoms in total. The van der Waals surface area contributed by atoms with Crippen LogP contribution < -0.4 is 10.1 Å². The summed E-state index contributed by atoms with van der Waals surface area (Å²) in [5, 5.41) is 12.0. The van der Waals surface area contributed by atoms with Crippen LogP contribution in [0.2, 0.25) is 5.02 Å². The van der Waals surface area contributed by atoms with Crippen LogP contribution in [-0.2, 0) is 0 Å². The number of aromatic nitrogens is 2. The number of halogens is 1. The average Bonchev–Trinajstić information content (AvgIpc) is 2.94. The lowest BCUT2D eigenvalue weighted by Crippen LogP contribution is -2.19. The van der Waals surface area contributed by atoms with Gasteiger partial charge in [-0.2, -0.15) is 0 Å². The van der Waals surface area contributed by atoms with E-state index in [9.17, 15) is 0 Å². The molecule has 114 valence electrons. The first-order valence-corrected chi connectivity index (χ1v) is 7.46. The molecule has 0 aliphatic carbocycles. The summed E-state index contributed by atoms with van der Waals surface area (Å²) < 4.78 is 11.4. The van der Waals surface area contributed by atoms with Gasteiger partial charge in [0, 0.05) is 5.02 Å². The first kappa shape index (κ1) is 15.8. The molecule has 6 heteroatoms. The molecule has 2 rings (SSSR count). The van der Waals surface area contributed by atoms with Crippen LogP contribution in [0.3, 0.4) is 0 Å². The van der Waals surface area contributed by atoms with Gasteiger partial charge in [0.25, 0.3) is 5.89 Å². The molecule has 2 aromatic rings. The van der Waals surface area contributed by atoms with E-state index in [4.69, 9.17) is 20.8 Å². The number of ether oxygens (including phenoxy) is 1. The lowest BCUT2D eigenvalue weighted by molar-refractivity contribution is 0.184. The third-order valence-corrected chi connectivity index (χ3v) is 3.22. The van der Waals surface area contributed by atoms with E-state index in [2.05, 4.69) is 22.4 Å². The third-order valence-electron chi connectivity index (χ3n) is 2.98. The largest absolute Gasteiger partial charge is 0.481 e. The van der Waals surface area contributed by atoms with Gasteiger partial charge in [-0.3, -0.25) is 0 Å². The highest BCUT2D eigenvalue weighted by Crippen LogP contribution is 2.24. The van der Waals surface area contributed by atoms with Crippen molar-refractivity contribution in [3.05, 3.63) is 41.1 Å². The first-order chi connectivity index (χ1) is 10.1. The molecule has 2 atom stereocenters. The molecule has 0 spiro atoms. The van der Waals surface area contributed by atoms with Gasteiger partial charge in [-0.15, -0.1) is 10.2 Å². The second-order valence-electron chi connectivity index (χ2n) is 4.87. The van der Waals surface area contributed by atoms with Crippen LogP contribution in [0, 0.1) is 0 Å². The lowest BCUT2D eigenvalue weighted by atomic mass is 10.3. The maximum absolute atomic E-state index is 5.93. The Balaban J connectivity index is 2.00. The highest BCUT2D eigenvalue weighted by Gasteiger charge is 2.18. The SMILES string of the molecule is CCCNC(C)c1nnc(C(C)Oc2cccc(Cl)c2)o1. The molecule has 0 saturated heterocycles. The number of nitrogens with one attached hydrogen (secondary N) is 1. The highest BCUT2D eigenvalue weighted by atomic mass is 35.5. The van der Waals surface area contributed by atoms with Gasteiger partial charge < -0.3 is 14.5 Å². The van der Waals surface area contributed by atoms with Crippen molar-refractivity contribution in [1.29, 1.82) is 0 Å². The summed E-state index contributed by atoms with van der Waals surface area (Å²) in [6.45, 7) is 6.88. The zero-order valence-corrected chi connectivity index (χ0v) is 13.2. The van der Waals surface area contributed by atoms with Gasteiger partial charge in [-0.25, -0.2) is 0 Å². The molecule has 1 N–H and O–H groups in total. The van der Waals surface area contributed by atoms with Crippen molar-refractivity contribution in [2.75, 3.05) is 6.54 Å². The fraction of sp³-hybridized carbons (Fsp3) is 0.467. The summed E-state index contributed by atoms with van der Waals surface area (Å²) in [6, 6.07) is 7.25. The summed E-state index contributed by atoms with van der Waals surface area (Å²) in [4.78, 5) is 0. The molecule has 0 aliphatic heterocycles. The second-order valence-corrected chi connectivity index (χ2v) is 5.31. The molecular formula is C15H20ClN3O2. The van der Waals surface area contributed by atoms with Gasteiger partial charge in [0.05, 0.1) is 6.04 Å². The van der Waals surface area contributed by atoms with Gasteiger partial charge >= 0.3 is 0 Å². The van der Waals surface area contributed by atoms with E-state index < -0.39 is 0 Å². The number of hydrogen-bond donors (Lipinski definition) is 1. The van der Waals surface area contributed by atoms with Crippen LogP contribution >= 0.6 is 11.6 Å². The second kappa shape index (κ2) is 7.43. The number of hydrogen-bond acceptors (Lipinski definition) is 5. The smallest absolute Gasteiger partial charge is 0.256 e. The molecule has 2 unspecified atom stereocenters. The van der Waals surface area contributed by atoms with E-state index in [0.29, 0.717) is 22.6 Å². The van der Waals surface area contributed by atoms with Gasteiger partial charge in [-0.05, 0) is 45.0 Å². The van der Waals surface area contributed by atoms with Gasteiger partial charge in [0.15, 0.2) is 6.10 Å². The summed E-state index contributed by atoms with van der Waals surface area (Å²) in [5.74, 6) is 1.70. The minimum Gasteiger partial charge on any atom is -0.481 e. The molecule has 0 bridgehead atoms. The van der Waals surface area contributed by atoms with Crippen molar-refractivity contribution in [2.24, 2.45) is 0 Å². The Labute approximate surface area is 129 Å². The van der Waals surface area contributed by atoms with E-state index in [1.54, 1.807) is 12.1 Å². The predicted octanol–water partition coefficient (Wildman–Crippen LogP) is 3.92. The summed E-state index contributed by atoms with van der Waals surface area (Å²) in [7, 11) is 0. The van der Waals surface area contributed by atoms with Crippen LogP contribution in [0.4, 0.5) is 0 Å². The maximum Gasteiger partial charge on any atom is 0.256 e. The van der Waals surface area contributed by atoms with E-state index in [-0.39, 0.29) is 12.1 Å². The van der Waals surface area contributed by atoms with E-state index in [1.807, 2.05) is 26.0 Å². The molecule has 0 amide bonds. The highest BCUT2D eigenvalue weighted by molar-refractivity contribution is 6.30. The Morgan fingerprint density at radius 3 is 2.76 bits per heavy atom. The van der Waals surface area contributed by atoms with Crippen molar-refractivity contribution < 1.29 is 9.15 Å². The summed E-state index contributed by atoms with van der Waals surface area (Å²) in [6.07, 6.45) is 0.725. The maximum atomic E-state index is 5.93. The molecule has 0 saturated carbocycles. The lowest BCUT2D eigenvalue weighted by Gasteiger charge is -2.11. The third kappa shape index (κ3) is 4.44. The Bertz CT molecular complexity index is 574. The van der Waals surface area contributed by atoms with E-state index >= 15 is 0 Å². The zero-order chi connectivity index (χ0) is 15.2. The summed E-state index contributed by atoms with van der Waals surface area (Å²) >= 11 is 5.93. The minimum absolute atomic E-state index is 0.0320. The number of rotatable bonds is 7. The van der Waals surface area contributed by atoms with Crippen molar-refractivity contribution in [3.8, 4) is 5.75 Å². The van der Waals surface area contributed by atoms with Gasteiger partial charge in [0.1, 0.15) is 5.75 Å². The quantitative estimate of drug-likeness (QED) is 0.840. The van der Waals surface area contributed by atoms with Crippen molar-refractivity contribution in [2.45, 2.75) is 39.3 Å². The number of nitrogens with zero attached hydrogens (tertiary/aromatic N) is 2. The molecule has 1 aromatic heterocycles. The normalized spacial score (nSPS) is 13.9. The van der Waals surface area contributed by atoms with Crippen LogP contribution in [0.1, 0.15) is 51.1 Å². The molecule has 0 aliphatic rings. The minimum atomic E-state index is -0.330. The Morgan fingerprint density at radius 2 is 2.05 bits per heavy atom. The van der Waals surface area contributed by atoms with E-state index in [1.165, 1.54) is 0 Å². The van der Waals surface area contributed by atoms with Crippen molar-refractivity contribution in [3.63, 3.8) is 0 Å². The molecule has 0 radical (unpaired) electrons. The van der Waals surface area contributed by atoms with Gasteiger partial charge in [-0.1, -0.05) is 24.6 Å². The molecule has 1 heterocycles. The van der Waals surface area contributed by atoms with E-state index in [0.717, 1.165) is 13.0 Å². The molecule has 21 heavy (non-hydrogen) atoms. The summed E-state index contributed by atoms with van der Waals surface area (Å²) in [5.41, 5.74) is 0. The van der Waals surface area contributed by atoms with Gasteiger partial charge in [0.2, 0.25) is 5.89 Å².